The molecule has 3 N–H and O–H groups in total. The largest absolute Gasteiger partial charge is 0.383 e. The van der Waals surface area contributed by atoms with Crippen molar-refractivity contribution in [2.24, 2.45) is 4.99 Å². The molecule has 2 unspecified atom stereocenters. The molecule has 6 nitrogen and oxygen atoms in total. The number of nitrogens with one attached hydrogen (secondary N) is 3. The minimum atomic E-state index is -0.0552. The molecular weight excluding hydrogens is 340 g/mol. The van der Waals surface area contributed by atoms with Crippen molar-refractivity contribution >= 4 is 5.96 Å². The van der Waals surface area contributed by atoms with E-state index in [9.17, 15) is 0 Å². The Balaban J connectivity index is 2.09. The van der Waals surface area contributed by atoms with E-state index in [1.807, 2.05) is 0 Å². The Hall–Kier alpha value is -1.63. The van der Waals surface area contributed by atoms with Crippen LogP contribution in [-0.2, 0) is 9.47 Å². The van der Waals surface area contributed by atoms with Gasteiger partial charge in [0.1, 0.15) is 0 Å². The maximum atomic E-state index is 5.63. The Labute approximate surface area is 164 Å². The van der Waals surface area contributed by atoms with Gasteiger partial charge in [-0.05, 0) is 39.2 Å². The Morgan fingerprint density at radius 2 is 1.93 bits per heavy atom. The van der Waals surface area contributed by atoms with Gasteiger partial charge in [-0.1, -0.05) is 30.3 Å². The normalized spacial score (nSPS) is 19.3. The van der Waals surface area contributed by atoms with Crippen molar-refractivity contribution in [3.63, 3.8) is 0 Å². The van der Waals surface area contributed by atoms with Crippen LogP contribution in [0.15, 0.2) is 35.3 Å². The monoisotopic (exact) mass is 376 g/mol. The van der Waals surface area contributed by atoms with Crippen molar-refractivity contribution in [3.05, 3.63) is 35.9 Å². The lowest BCUT2D eigenvalue weighted by Crippen LogP contribution is -2.53. The van der Waals surface area contributed by atoms with Crippen molar-refractivity contribution < 1.29 is 9.47 Å². The number of benzene rings is 1. The van der Waals surface area contributed by atoms with Gasteiger partial charge in [-0.15, -0.1) is 0 Å². The molecule has 0 saturated carbocycles. The zero-order valence-corrected chi connectivity index (χ0v) is 17.3. The maximum absolute atomic E-state index is 5.63. The highest BCUT2D eigenvalue weighted by atomic mass is 16.5. The maximum Gasteiger partial charge on any atom is 0.191 e. The summed E-state index contributed by atoms with van der Waals surface area (Å²) in [6.07, 6.45) is 1.92. The quantitative estimate of drug-likeness (QED) is 0.456. The van der Waals surface area contributed by atoms with Crippen molar-refractivity contribution in [2.45, 2.75) is 51.2 Å². The van der Waals surface area contributed by atoms with Gasteiger partial charge in [0.2, 0.25) is 0 Å². The van der Waals surface area contributed by atoms with E-state index in [1.54, 1.807) is 7.11 Å². The molecule has 0 radical (unpaired) electrons. The Bertz CT molecular complexity index is 559. The number of rotatable bonds is 9. The lowest BCUT2D eigenvalue weighted by atomic mass is 9.88. The molecule has 1 fully saturated rings. The van der Waals surface area contributed by atoms with E-state index in [2.05, 4.69) is 67.1 Å². The molecule has 27 heavy (non-hydrogen) atoms. The van der Waals surface area contributed by atoms with Crippen LogP contribution in [0.3, 0.4) is 0 Å². The fourth-order valence-electron chi connectivity index (χ4n) is 3.47. The summed E-state index contributed by atoms with van der Waals surface area (Å²) in [6, 6.07) is 11.1. The second-order valence-corrected chi connectivity index (χ2v) is 7.37. The van der Waals surface area contributed by atoms with E-state index >= 15 is 0 Å². The standard InChI is InChI=1S/C21H36N4O2/c1-5-22-20(24-17(2)15-26-4)23-16-21(11-13-27-14-12-21)25-18(3)19-9-7-6-8-10-19/h6-10,17-18,25H,5,11-16H2,1-4H3,(H2,22,23,24). The predicted octanol–water partition coefficient (Wildman–Crippen LogP) is 2.48. The molecule has 2 rings (SSSR count). The summed E-state index contributed by atoms with van der Waals surface area (Å²) in [5, 5.41) is 10.6. The number of ether oxygens (including phenoxy) is 2. The van der Waals surface area contributed by atoms with Gasteiger partial charge < -0.3 is 25.4 Å². The van der Waals surface area contributed by atoms with Gasteiger partial charge in [-0.25, -0.2) is 0 Å². The molecule has 0 bridgehead atoms. The van der Waals surface area contributed by atoms with Crippen LogP contribution in [-0.4, -0.2) is 57.6 Å². The SMILES string of the molecule is CCNC(=NCC1(NC(C)c2ccccc2)CCOCC1)NC(C)COC. The Morgan fingerprint density at radius 3 is 2.56 bits per heavy atom. The second-order valence-electron chi connectivity index (χ2n) is 7.37. The van der Waals surface area contributed by atoms with Crippen LogP contribution in [0.4, 0.5) is 0 Å². The molecule has 0 aromatic heterocycles. The summed E-state index contributed by atoms with van der Waals surface area (Å²) in [7, 11) is 1.72. The van der Waals surface area contributed by atoms with Crippen LogP contribution in [0.1, 0.15) is 45.2 Å². The van der Waals surface area contributed by atoms with Gasteiger partial charge in [0.25, 0.3) is 0 Å². The molecule has 1 heterocycles. The molecule has 152 valence electrons. The number of hydrogen-bond acceptors (Lipinski definition) is 4. The minimum absolute atomic E-state index is 0.0552. The molecule has 1 saturated heterocycles. The average Bonchev–Trinajstić information content (AvgIpc) is 2.68. The molecule has 1 aliphatic rings. The van der Waals surface area contributed by atoms with Crippen LogP contribution >= 0.6 is 0 Å². The van der Waals surface area contributed by atoms with Crippen LogP contribution in [0, 0.1) is 0 Å². The number of hydrogen-bond donors (Lipinski definition) is 3. The van der Waals surface area contributed by atoms with Gasteiger partial charge in [-0.3, -0.25) is 4.99 Å². The first kappa shape index (κ1) is 21.7. The average molecular weight is 377 g/mol. The minimum Gasteiger partial charge on any atom is -0.383 e. The molecule has 1 aliphatic heterocycles. The third-order valence-electron chi connectivity index (χ3n) is 4.96. The zero-order valence-electron chi connectivity index (χ0n) is 17.3. The third kappa shape index (κ3) is 7.13. The van der Waals surface area contributed by atoms with Crippen LogP contribution in [0.5, 0.6) is 0 Å². The van der Waals surface area contributed by atoms with E-state index in [-0.39, 0.29) is 17.6 Å². The molecule has 0 aliphatic carbocycles. The first-order valence-electron chi connectivity index (χ1n) is 10.0. The molecule has 0 spiro atoms. The predicted molar refractivity (Wildman–Crippen MR) is 111 cm³/mol. The highest BCUT2D eigenvalue weighted by molar-refractivity contribution is 5.80. The van der Waals surface area contributed by atoms with Gasteiger partial charge >= 0.3 is 0 Å². The van der Waals surface area contributed by atoms with Crippen LogP contribution in [0.2, 0.25) is 0 Å². The molecule has 6 heteroatoms. The number of guanidine groups is 1. The van der Waals surface area contributed by atoms with Crippen LogP contribution in [0.25, 0.3) is 0 Å². The van der Waals surface area contributed by atoms with E-state index in [4.69, 9.17) is 14.5 Å². The van der Waals surface area contributed by atoms with Gasteiger partial charge in [0, 0.05) is 44.5 Å². The first-order valence-corrected chi connectivity index (χ1v) is 10.0. The van der Waals surface area contributed by atoms with E-state index in [0.29, 0.717) is 13.2 Å². The number of nitrogens with zero attached hydrogens (tertiary/aromatic N) is 1. The summed E-state index contributed by atoms with van der Waals surface area (Å²) >= 11 is 0. The molecule has 1 aromatic carbocycles. The summed E-state index contributed by atoms with van der Waals surface area (Å²) in [6.45, 7) is 10.1. The van der Waals surface area contributed by atoms with Gasteiger partial charge in [-0.2, -0.15) is 0 Å². The molecule has 1 aromatic rings. The molecule has 0 amide bonds. The van der Waals surface area contributed by atoms with Gasteiger partial charge in [0.05, 0.1) is 13.2 Å². The number of methoxy groups -OCH3 is 1. The van der Waals surface area contributed by atoms with Crippen molar-refractivity contribution in [3.8, 4) is 0 Å². The van der Waals surface area contributed by atoms with Crippen molar-refractivity contribution in [2.75, 3.05) is 40.0 Å². The summed E-state index contributed by atoms with van der Waals surface area (Å²) < 4.78 is 10.9. The lowest BCUT2D eigenvalue weighted by molar-refractivity contribution is 0.0374. The summed E-state index contributed by atoms with van der Waals surface area (Å²) in [5.41, 5.74) is 1.24. The fraction of sp³-hybridized carbons (Fsp3) is 0.667. The first-order chi connectivity index (χ1) is 13.1. The Morgan fingerprint density at radius 1 is 1.22 bits per heavy atom. The van der Waals surface area contributed by atoms with E-state index in [1.165, 1.54) is 5.56 Å². The number of aliphatic imine (C=N–C) groups is 1. The molecule has 2 atom stereocenters. The highest BCUT2D eigenvalue weighted by Crippen LogP contribution is 2.26. The topological polar surface area (TPSA) is 66.9 Å². The summed E-state index contributed by atoms with van der Waals surface area (Å²) in [4.78, 5) is 4.90. The summed E-state index contributed by atoms with van der Waals surface area (Å²) in [5.74, 6) is 0.835. The van der Waals surface area contributed by atoms with Crippen LogP contribution < -0.4 is 16.0 Å². The third-order valence-corrected chi connectivity index (χ3v) is 4.96. The van der Waals surface area contributed by atoms with E-state index < -0.39 is 0 Å². The van der Waals surface area contributed by atoms with Crippen molar-refractivity contribution in [1.29, 1.82) is 0 Å². The second kappa shape index (κ2) is 11.3. The fourth-order valence-corrected chi connectivity index (χ4v) is 3.47. The zero-order chi connectivity index (χ0) is 19.5. The van der Waals surface area contributed by atoms with E-state index in [0.717, 1.165) is 38.6 Å². The lowest BCUT2D eigenvalue weighted by Gasteiger charge is -2.39. The smallest absolute Gasteiger partial charge is 0.191 e. The molecular formula is C21H36N4O2. The highest BCUT2D eigenvalue weighted by Gasteiger charge is 2.34. The Kier molecular flexibility index (Phi) is 9.04. The van der Waals surface area contributed by atoms with Gasteiger partial charge in [0.15, 0.2) is 5.96 Å². The van der Waals surface area contributed by atoms with Crippen molar-refractivity contribution in [1.82, 2.24) is 16.0 Å².